The van der Waals surface area contributed by atoms with Crippen LogP contribution in [0.3, 0.4) is 0 Å². The standard InChI is InChI=1S/C24H30N4O3SSi/c1-33(19-9-4-2-5-10-19,20-11-6-3-7-12-20)30-17-23-31-22(18-32-23)28-16-13-21(27-24(28)29)26-15-8-14-25/h2-7,9-13,16,22-23H,8,14-15,17-18,25H2,1H3,(H,26,27,29)/t22-,23+/m1/s1. The van der Waals surface area contributed by atoms with Crippen molar-refractivity contribution in [2.24, 2.45) is 5.73 Å². The lowest BCUT2D eigenvalue weighted by Gasteiger charge is -2.29. The van der Waals surface area contributed by atoms with Gasteiger partial charge in [0.15, 0.2) is 0 Å². The van der Waals surface area contributed by atoms with E-state index in [4.69, 9.17) is 14.9 Å². The summed E-state index contributed by atoms with van der Waals surface area (Å²) in [6, 6.07) is 22.6. The van der Waals surface area contributed by atoms with E-state index in [9.17, 15) is 4.79 Å². The molecule has 0 saturated carbocycles. The molecule has 3 aromatic rings. The van der Waals surface area contributed by atoms with E-state index in [1.807, 2.05) is 12.1 Å². The third kappa shape index (κ3) is 5.74. The highest BCUT2D eigenvalue weighted by molar-refractivity contribution is 8.00. The first-order valence-corrected chi connectivity index (χ1v) is 14.6. The molecule has 0 radical (unpaired) electrons. The van der Waals surface area contributed by atoms with Gasteiger partial charge in [0.05, 0.1) is 6.61 Å². The van der Waals surface area contributed by atoms with E-state index >= 15 is 0 Å². The third-order valence-corrected chi connectivity index (χ3v) is 10.4. The van der Waals surface area contributed by atoms with Crippen molar-refractivity contribution in [1.29, 1.82) is 0 Å². The van der Waals surface area contributed by atoms with Gasteiger partial charge in [0, 0.05) is 18.5 Å². The number of nitrogens with one attached hydrogen (secondary N) is 1. The second-order valence-electron chi connectivity index (χ2n) is 8.00. The molecule has 4 rings (SSSR count). The second-order valence-corrected chi connectivity index (χ2v) is 12.7. The van der Waals surface area contributed by atoms with Crippen molar-refractivity contribution < 1.29 is 9.16 Å². The molecule has 2 heterocycles. The number of aromatic nitrogens is 2. The maximum Gasteiger partial charge on any atom is 0.351 e. The molecular weight excluding hydrogens is 452 g/mol. The fourth-order valence-corrected chi connectivity index (χ4v) is 7.72. The van der Waals surface area contributed by atoms with Crippen molar-refractivity contribution in [2.45, 2.75) is 24.6 Å². The monoisotopic (exact) mass is 482 g/mol. The molecule has 174 valence electrons. The fraction of sp³-hybridized carbons (Fsp3) is 0.333. The minimum absolute atomic E-state index is 0.150. The van der Waals surface area contributed by atoms with E-state index in [1.54, 1.807) is 28.6 Å². The maximum atomic E-state index is 12.5. The number of anilines is 1. The van der Waals surface area contributed by atoms with E-state index in [-0.39, 0.29) is 17.4 Å². The predicted molar refractivity (Wildman–Crippen MR) is 137 cm³/mol. The number of hydrogen-bond donors (Lipinski definition) is 2. The summed E-state index contributed by atoms with van der Waals surface area (Å²) in [5.74, 6) is 1.23. The molecule has 0 unspecified atom stereocenters. The topological polar surface area (TPSA) is 91.4 Å². The highest BCUT2D eigenvalue weighted by Gasteiger charge is 2.36. The van der Waals surface area contributed by atoms with Crippen LogP contribution in [0, 0.1) is 0 Å². The minimum atomic E-state index is -2.40. The van der Waals surface area contributed by atoms with Gasteiger partial charge in [-0.1, -0.05) is 60.7 Å². The van der Waals surface area contributed by atoms with Gasteiger partial charge >= 0.3 is 5.69 Å². The molecular formula is C24H30N4O3SSi. The van der Waals surface area contributed by atoms with Crippen LogP contribution in [0.25, 0.3) is 0 Å². The first-order valence-electron chi connectivity index (χ1n) is 11.2. The molecule has 1 aliphatic heterocycles. The van der Waals surface area contributed by atoms with Crippen LogP contribution in [0.4, 0.5) is 5.82 Å². The lowest BCUT2D eigenvalue weighted by atomic mass is 10.4. The van der Waals surface area contributed by atoms with Gasteiger partial charge in [-0.25, -0.2) is 4.79 Å². The SMILES string of the molecule is C[Si](OC[C@H]1O[C@@H](n2ccc(NCCCN)nc2=O)CS1)(c1ccccc1)c1ccccc1. The highest BCUT2D eigenvalue weighted by atomic mass is 32.2. The summed E-state index contributed by atoms with van der Waals surface area (Å²) >= 11 is 1.66. The van der Waals surface area contributed by atoms with Gasteiger partial charge < -0.3 is 20.2 Å². The average Bonchev–Trinajstić information content (AvgIpc) is 3.33. The number of nitrogens with two attached hydrogens (primary N) is 1. The molecule has 1 aliphatic rings. The van der Waals surface area contributed by atoms with Gasteiger partial charge in [0.25, 0.3) is 8.32 Å². The largest absolute Gasteiger partial charge is 0.405 e. The van der Waals surface area contributed by atoms with Crippen LogP contribution in [0.15, 0.2) is 77.7 Å². The predicted octanol–water partition coefficient (Wildman–Crippen LogP) is 2.00. The Hall–Kier alpha value is -2.43. The zero-order valence-corrected chi connectivity index (χ0v) is 20.5. The summed E-state index contributed by atoms with van der Waals surface area (Å²) in [7, 11) is -2.40. The van der Waals surface area contributed by atoms with E-state index in [0.29, 0.717) is 31.3 Å². The molecule has 0 amide bonds. The molecule has 0 aliphatic carbocycles. The molecule has 1 aromatic heterocycles. The Morgan fingerprint density at radius 1 is 1.15 bits per heavy atom. The molecule has 0 spiro atoms. The first-order chi connectivity index (χ1) is 16.1. The van der Waals surface area contributed by atoms with E-state index < -0.39 is 8.32 Å². The summed E-state index contributed by atoms with van der Waals surface area (Å²) in [6.07, 6.45) is 2.20. The van der Waals surface area contributed by atoms with Crippen molar-refractivity contribution in [3.8, 4) is 0 Å². The molecule has 0 bridgehead atoms. The Balaban J connectivity index is 1.42. The fourth-order valence-electron chi connectivity index (χ4n) is 3.81. The zero-order valence-electron chi connectivity index (χ0n) is 18.7. The molecule has 2 aromatic carbocycles. The lowest BCUT2D eigenvalue weighted by Crippen LogP contribution is -2.59. The van der Waals surface area contributed by atoms with E-state index in [2.05, 4.69) is 65.4 Å². The van der Waals surface area contributed by atoms with Gasteiger partial charge in [0.1, 0.15) is 17.5 Å². The number of rotatable bonds is 10. The van der Waals surface area contributed by atoms with Gasteiger partial charge in [-0.2, -0.15) is 4.98 Å². The van der Waals surface area contributed by atoms with Gasteiger partial charge in [0.2, 0.25) is 0 Å². The third-order valence-electron chi connectivity index (χ3n) is 5.72. The second kappa shape index (κ2) is 11.1. The first kappa shape index (κ1) is 23.7. The number of benzene rings is 2. The Bertz CT molecular complexity index is 1040. The zero-order chi connectivity index (χ0) is 23.1. The van der Waals surface area contributed by atoms with Gasteiger partial charge in [-0.15, -0.1) is 11.8 Å². The van der Waals surface area contributed by atoms with Crippen LogP contribution in [0.2, 0.25) is 6.55 Å². The highest BCUT2D eigenvalue weighted by Crippen LogP contribution is 2.31. The van der Waals surface area contributed by atoms with Crippen LogP contribution in [-0.4, -0.2) is 48.8 Å². The number of thioether (sulfide) groups is 1. The Kier molecular flexibility index (Phi) is 8.00. The van der Waals surface area contributed by atoms with Crippen molar-refractivity contribution in [1.82, 2.24) is 9.55 Å². The molecule has 7 nitrogen and oxygen atoms in total. The van der Waals surface area contributed by atoms with E-state index in [1.165, 1.54) is 10.4 Å². The quantitative estimate of drug-likeness (QED) is 0.337. The van der Waals surface area contributed by atoms with Crippen LogP contribution in [0.1, 0.15) is 12.6 Å². The smallest absolute Gasteiger partial charge is 0.351 e. The molecule has 2 atom stereocenters. The van der Waals surface area contributed by atoms with E-state index in [0.717, 1.165) is 6.42 Å². The Morgan fingerprint density at radius 2 is 1.82 bits per heavy atom. The van der Waals surface area contributed by atoms with Crippen LogP contribution >= 0.6 is 11.8 Å². The van der Waals surface area contributed by atoms with Crippen molar-refractivity contribution in [3.05, 3.63) is 83.4 Å². The van der Waals surface area contributed by atoms with Crippen LogP contribution < -0.4 is 27.1 Å². The lowest BCUT2D eigenvalue weighted by molar-refractivity contribution is -0.00270. The van der Waals surface area contributed by atoms with Crippen molar-refractivity contribution in [2.75, 3.05) is 30.8 Å². The summed E-state index contributed by atoms with van der Waals surface area (Å²) in [6.45, 7) is 3.96. The number of hydrogen-bond acceptors (Lipinski definition) is 7. The summed E-state index contributed by atoms with van der Waals surface area (Å²) in [4.78, 5) is 16.6. The van der Waals surface area contributed by atoms with Crippen LogP contribution in [0.5, 0.6) is 0 Å². The summed E-state index contributed by atoms with van der Waals surface area (Å²) in [5, 5.41) is 5.55. The number of nitrogens with zero attached hydrogens (tertiary/aromatic N) is 2. The summed E-state index contributed by atoms with van der Waals surface area (Å²) < 4.78 is 14.4. The van der Waals surface area contributed by atoms with Crippen LogP contribution in [-0.2, 0) is 9.16 Å². The summed E-state index contributed by atoms with van der Waals surface area (Å²) in [5.41, 5.74) is 5.03. The molecule has 9 heteroatoms. The van der Waals surface area contributed by atoms with Gasteiger partial charge in [-0.05, 0) is 36.0 Å². The average molecular weight is 483 g/mol. The van der Waals surface area contributed by atoms with Gasteiger partial charge in [-0.3, -0.25) is 4.57 Å². The molecule has 3 N–H and O–H groups in total. The van der Waals surface area contributed by atoms with Crippen molar-refractivity contribution >= 4 is 36.3 Å². The Labute approximate surface area is 199 Å². The minimum Gasteiger partial charge on any atom is -0.405 e. The Morgan fingerprint density at radius 3 is 2.42 bits per heavy atom. The molecule has 1 saturated heterocycles. The number of ether oxygens (including phenoxy) is 1. The normalized spacial score (nSPS) is 18.4. The molecule has 1 fully saturated rings. The maximum absolute atomic E-state index is 12.5. The van der Waals surface area contributed by atoms with Crippen molar-refractivity contribution in [3.63, 3.8) is 0 Å². The molecule has 33 heavy (non-hydrogen) atoms.